The van der Waals surface area contributed by atoms with Crippen LogP contribution in [0.2, 0.25) is 0 Å². The van der Waals surface area contributed by atoms with E-state index >= 15 is 0 Å². The highest BCUT2D eigenvalue weighted by molar-refractivity contribution is 6.08. The molecule has 1 N–H and O–H groups in total. The number of Topliss-reactive ketones (excluding diaryl/α,β-unsaturated/α-hetero) is 1. The summed E-state index contributed by atoms with van der Waals surface area (Å²) in [6.07, 6.45) is 0. The molecule has 2 nitrogen and oxygen atoms in total. The summed E-state index contributed by atoms with van der Waals surface area (Å²) in [4.78, 5) is 14.9. The molecule has 0 unspecified atom stereocenters. The molecule has 0 aliphatic carbocycles. The van der Waals surface area contributed by atoms with Gasteiger partial charge in [-0.15, -0.1) is 0 Å². The third kappa shape index (κ3) is 1.64. The number of carbonyl (C=O) groups is 1. The Morgan fingerprint density at radius 2 is 2.00 bits per heavy atom. The summed E-state index contributed by atoms with van der Waals surface area (Å²) < 4.78 is 0. The SMILES string of the molecule is CC(=O)c1c(C)[nH]c2ccc(C(C)C)cc12. The highest BCUT2D eigenvalue weighted by Gasteiger charge is 2.13. The van der Waals surface area contributed by atoms with E-state index in [0.29, 0.717) is 5.92 Å². The van der Waals surface area contributed by atoms with Crippen molar-refractivity contribution < 1.29 is 4.79 Å². The summed E-state index contributed by atoms with van der Waals surface area (Å²) in [5.74, 6) is 0.615. The number of rotatable bonds is 2. The average molecular weight is 215 g/mol. The highest BCUT2D eigenvalue weighted by Crippen LogP contribution is 2.26. The lowest BCUT2D eigenvalue weighted by Crippen LogP contribution is -1.93. The lowest BCUT2D eigenvalue weighted by molar-refractivity contribution is 0.101. The van der Waals surface area contributed by atoms with Crippen molar-refractivity contribution in [2.24, 2.45) is 0 Å². The van der Waals surface area contributed by atoms with Crippen molar-refractivity contribution in [3.63, 3.8) is 0 Å². The molecule has 1 aromatic heterocycles. The zero-order valence-electron chi connectivity index (χ0n) is 10.2. The van der Waals surface area contributed by atoms with Gasteiger partial charge < -0.3 is 4.98 Å². The third-order valence-electron chi connectivity index (χ3n) is 3.03. The molecular formula is C14H17NO. The summed E-state index contributed by atoms with van der Waals surface area (Å²) in [5.41, 5.74) is 4.11. The van der Waals surface area contributed by atoms with Crippen LogP contribution in [0.3, 0.4) is 0 Å². The Morgan fingerprint density at radius 3 is 2.56 bits per heavy atom. The van der Waals surface area contributed by atoms with Gasteiger partial charge in [-0.2, -0.15) is 0 Å². The van der Waals surface area contributed by atoms with Gasteiger partial charge in [-0.25, -0.2) is 0 Å². The number of fused-ring (bicyclic) bond motifs is 1. The lowest BCUT2D eigenvalue weighted by atomic mass is 9.99. The smallest absolute Gasteiger partial charge is 0.162 e. The molecule has 2 rings (SSSR count). The first-order valence-electron chi connectivity index (χ1n) is 5.64. The fourth-order valence-corrected chi connectivity index (χ4v) is 2.16. The van der Waals surface area contributed by atoms with Crippen LogP contribution in [-0.4, -0.2) is 10.8 Å². The van der Waals surface area contributed by atoms with E-state index in [4.69, 9.17) is 0 Å². The van der Waals surface area contributed by atoms with E-state index in [2.05, 4.69) is 37.0 Å². The molecule has 0 saturated carbocycles. The molecular weight excluding hydrogens is 198 g/mol. The van der Waals surface area contributed by atoms with Crippen molar-refractivity contribution in [2.75, 3.05) is 0 Å². The topological polar surface area (TPSA) is 32.9 Å². The van der Waals surface area contributed by atoms with Gasteiger partial charge in [0.1, 0.15) is 0 Å². The molecule has 0 atom stereocenters. The second kappa shape index (κ2) is 3.78. The fraction of sp³-hybridized carbons (Fsp3) is 0.357. The predicted octanol–water partition coefficient (Wildman–Crippen LogP) is 3.80. The van der Waals surface area contributed by atoms with Crippen molar-refractivity contribution in [3.8, 4) is 0 Å². The molecule has 0 saturated heterocycles. The maximum atomic E-state index is 11.6. The summed E-state index contributed by atoms with van der Waals surface area (Å²) in [7, 11) is 0. The quantitative estimate of drug-likeness (QED) is 0.759. The predicted molar refractivity (Wildman–Crippen MR) is 67.1 cm³/mol. The first-order valence-corrected chi connectivity index (χ1v) is 5.64. The van der Waals surface area contributed by atoms with E-state index < -0.39 is 0 Å². The summed E-state index contributed by atoms with van der Waals surface area (Å²) in [5, 5.41) is 1.05. The van der Waals surface area contributed by atoms with Crippen LogP contribution in [0.1, 0.15) is 48.3 Å². The number of H-pyrrole nitrogens is 1. The molecule has 0 amide bonds. The molecule has 16 heavy (non-hydrogen) atoms. The van der Waals surface area contributed by atoms with Crippen LogP contribution in [0.4, 0.5) is 0 Å². The average Bonchev–Trinajstić information content (AvgIpc) is 2.51. The Bertz CT molecular complexity index is 549. The van der Waals surface area contributed by atoms with Gasteiger partial charge in [0.25, 0.3) is 0 Å². The van der Waals surface area contributed by atoms with Gasteiger partial charge in [0, 0.05) is 22.2 Å². The minimum Gasteiger partial charge on any atom is -0.358 e. The van der Waals surface area contributed by atoms with Crippen LogP contribution < -0.4 is 0 Å². The molecule has 0 radical (unpaired) electrons. The molecule has 0 spiro atoms. The summed E-state index contributed by atoms with van der Waals surface area (Å²) in [6.45, 7) is 7.89. The van der Waals surface area contributed by atoms with Gasteiger partial charge in [-0.1, -0.05) is 19.9 Å². The van der Waals surface area contributed by atoms with E-state index in [-0.39, 0.29) is 5.78 Å². The molecule has 84 valence electrons. The van der Waals surface area contributed by atoms with Gasteiger partial charge in [0.15, 0.2) is 5.78 Å². The van der Waals surface area contributed by atoms with Crippen molar-refractivity contribution in [1.82, 2.24) is 4.98 Å². The number of aromatic amines is 1. The molecule has 2 heteroatoms. The normalized spacial score (nSPS) is 11.3. The van der Waals surface area contributed by atoms with E-state index in [9.17, 15) is 4.79 Å². The molecule has 0 aliphatic rings. The molecule has 1 heterocycles. The Balaban J connectivity index is 2.74. The second-order valence-corrected chi connectivity index (χ2v) is 4.64. The number of benzene rings is 1. The summed E-state index contributed by atoms with van der Waals surface area (Å²) >= 11 is 0. The lowest BCUT2D eigenvalue weighted by Gasteiger charge is -2.05. The van der Waals surface area contributed by atoms with Gasteiger partial charge in [-0.05, 0) is 37.5 Å². The van der Waals surface area contributed by atoms with Crippen LogP contribution in [0.15, 0.2) is 18.2 Å². The summed E-state index contributed by atoms with van der Waals surface area (Å²) in [6, 6.07) is 6.30. The van der Waals surface area contributed by atoms with E-state index in [1.807, 2.05) is 6.92 Å². The Labute approximate surface area is 95.7 Å². The first kappa shape index (κ1) is 10.9. The monoisotopic (exact) mass is 215 g/mol. The van der Waals surface area contributed by atoms with E-state index in [0.717, 1.165) is 22.2 Å². The van der Waals surface area contributed by atoms with Crippen LogP contribution in [-0.2, 0) is 0 Å². The van der Waals surface area contributed by atoms with Crippen molar-refractivity contribution in [2.45, 2.75) is 33.6 Å². The minimum absolute atomic E-state index is 0.129. The Morgan fingerprint density at radius 1 is 1.31 bits per heavy atom. The largest absolute Gasteiger partial charge is 0.358 e. The van der Waals surface area contributed by atoms with Gasteiger partial charge in [0.05, 0.1) is 0 Å². The molecule has 0 fully saturated rings. The van der Waals surface area contributed by atoms with Crippen LogP contribution in [0.25, 0.3) is 10.9 Å². The van der Waals surface area contributed by atoms with Gasteiger partial charge in [0.2, 0.25) is 0 Å². The van der Waals surface area contributed by atoms with Crippen molar-refractivity contribution in [1.29, 1.82) is 0 Å². The number of hydrogen-bond acceptors (Lipinski definition) is 1. The maximum Gasteiger partial charge on any atom is 0.162 e. The standard InChI is InChI=1S/C14H17NO/c1-8(2)11-5-6-13-12(7-11)14(10(4)16)9(3)15-13/h5-8,15H,1-4H3. The number of ketones is 1. The van der Waals surface area contributed by atoms with Crippen molar-refractivity contribution >= 4 is 16.7 Å². The fourth-order valence-electron chi connectivity index (χ4n) is 2.16. The van der Waals surface area contributed by atoms with Gasteiger partial charge in [-0.3, -0.25) is 4.79 Å². The van der Waals surface area contributed by atoms with E-state index in [1.54, 1.807) is 6.92 Å². The number of hydrogen-bond donors (Lipinski definition) is 1. The third-order valence-corrected chi connectivity index (χ3v) is 3.03. The zero-order valence-corrected chi connectivity index (χ0v) is 10.2. The molecule has 2 aromatic rings. The first-order chi connectivity index (χ1) is 7.50. The Kier molecular flexibility index (Phi) is 2.58. The molecule has 1 aromatic carbocycles. The molecule has 0 aliphatic heterocycles. The van der Waals surface area contributed by atoms with Gasteiger partial charge >= 0.3 is 0 Å². The number of aryl methyl sites for hydroxylation is 1. The Hall–Kier alpha value is -1.57. The number of aromatic nitrogens is 1. The van der Waals surface area contributed by atoms with Crippen LogP contribution >= 0.6 is 0 Å². The number of nitrogens with one attached hydrogen (secondary N) is 1. The van der Waals surface area contributed by atoms with Crippen LogP contribution in [0, 0.1) is 6.92 Å². The zero-order chi connectivity index (χ0) is 11.9. The second-order valence-electron chi connectivity index (χ2n) is 4.64. The number of carbonyl (C=O) groups excluding carboxylic acids is 1. The van der Waals surface area contributed by atoms with E-state index in [1.165, 1.54) is 5.56 Å². The minimum atomic E-state index is 0.129. The highest BCUT2D eigenvalue weighted by atomic mass is 16.1. The maximum absolute atomic E-state index is 11.6. The van der Waals surface area contributed by atoms with Crippen LogP contribution in [0.5, 0.6) is 0 Å². The van der Waals surface area contributed by atoms with Crippen molar-refractivity contribution in [3.05, 3.63) is 35.0 Å². The molecule has 0 bridgehead atoms.